The molecule has 1 aliphatic rings. The maximum atomic E-state index is 4.15. The van der Waals surface area contributed by atoms with Gasteiger partial charge in [0.2, 0.25) is 0 Å². The number of hydrogen-bond acceptors (Lipinski definition) is 2. The monoisotopic (exact) mass is 254 g/mol. The summed E-state index contributed by atoms with van der Waals surface area (Å²) < 4.78 is 0. The smallest absolute Gasteiger partial charge is 0.0346 e. The van der Waals surface area contributed by atoms with E-state index in [0.29, 0.717) is 6.04 Å². The van der Waals surface area contributed by atoms with Crippen LogP contribution in [0, 0.1) is 5.92 Å². The van der Waals surface area contributed by atoms with E-state index < -0.39 is 0 Å². The second-order valence-electron chi connectivity index (χ2n) is 5.89. The topological polar surface area (TPSA) is 24.9 Å². The molecule has 0 spiro atoms. The molecule has 1 aliphatic carbocycles. The van der Waals surface area contributed by atoms with Crippen LogP contribution < -0.4 is 5.32 Å². The van der Waals surface area contributed by atoms with Crippen LogP contribution in [0.3, 0.4) is 0 Å². The highest BCUT2D eigenvalue weighted by molar-refractivity contribution is 5.81. The van der Waals surface area contributed by atoms with Crippen LogP contribution >= 0.6 is 0 Å². The SMILES string of the molecule is CC1CCC(NCc2ccc3cnccc3c2)CC1. The van der Waals surface area contributed by atoms with Gasteiger partial charge in [-0.05, 0) is 54.7 Å². The minimum absolute atomic E-state index is 0.712. The standard InChI is InChI=1S/C17H22N2/c1-13-2-6-17(7-3-13)19-11-14-4-5-16-12-18-9-8-15(16)10-14/h4-5,8-10,12-13,17,19H,2-3,6-7,11H2,1H3. The first kappa shape index (κ1) is 12.6. The van der Waals surface area contributed by atoms with E-state index in [9.17, 15) is 0 Å². The number of rotatable bonds is 3. The molecule has 0 radical (unpaired) electrons. The van der Waals surface area contributed by atoms with Crippen molar-refractivity contribution in [2.75, 3.05) is 0 Å². The summed E-state index contributed by atoms with van der Waals surface area (Å²) in [6.45, 7) is 3.35. The van der Waals surface area contributed by atoms with Gasteiger partial charge in [-0.2, -0.15) is 0 Å². The molecule has 1 saturated carbocycles. The summed E-state index contributed by atoms with van der Waals surface area (Å²) in [7, 11) is 0. The summed E-state index contributed by atoms with van der Waals surface area (Å²) in [5, 5.41) is 6.21. The summed E-state index contributed by atoms with van der Waals surface area (Å²) in [6.07, 6.45) is 9.20. The third kappa shape index (κ3) is 3.13. The van der Waals surface area contributed by atoms with E-state index in [1.165, 1.54) is 42.0 Å². The molecular formula is C17H22N2. The summed E-state index contributed by atoms with van der Waals surface area (Å²) in [6, 6.07) is 9.45. The molecule has 1 heterocycles. The molecule has 2 heteroatoms. The van der Waals surface area contributed by atoms with Crippen LogP contribution in [0.4, 0.5) is 0 Å². The second kappa shape index (κ2) is 5.70. The lowest BCUT2D eigenvalue weighted by atomic mass is 9.87. The lowest BCUT2D eigenvalue weighted by molar-refractivity contribution is 0.306. The Morgan fingerprint density at radius 3 is 2.79 bits per heavy atom. The molecule has 0 unspecified atom stereocenters. The van der Waals surface area contributed by atoms with Gasteiger partial charge >= 0.3 is 0 Å². The molecule has 1 aromatic carbocycles. The van der Waals surface area contributed by atoms with Crippen LogP contribution in [0.5, 0.6) is 0 Å². The predicted molar refractivity (Wildman–Crippen MR) is 80.0 cm³/mol. The fraction of sp³-hybridized carbons (Fsp3) is 0.471. The summed E-state index contributed by atoms with van der Waals surface area (Å²) in [5.41, 5.74) is 1.37. The maximum Gasteiger partial charge on any atom is 0.0346 e. The van der Waals surface area contributed by atoms with E-state index in [4.69, 9.17) is 0 Å². The molecule has 2 aromatic rings. The number of pyridine rings is 1. The van der Waals surface area contributed by atoms with Crippen LogP contribution in [0.1, 0.15) is 38.2 Å². The van der Waals surface area contributed by atoms with Crippen LogP contribution in [-0.2, 0) is 6.54 Å². The van der Waals surface area contributed by atoms with E-state index >= 15 is 0 Å². The highest BCUT2D eigenvalue weighted by Crippen LogP contribution is 2.23. The van der Waals surface area contributed by atoms with Gasteiger partial charge in [0.25, 0.3) is 0 Å². The van der Waals surface area contributed by atoms with Gasteiger partial charge in [-0.15, -0.1) is 0 Å². The Morgan fingerprint density at radius 1 is 1.11 bits per heavy atom. The summed E-state index contributed by atoms with van der Waals surface area (Å²) in [5.74, 6) is 0.922. The van der Waals surface area contributed by atoms with Crippen molar-refractivity contribution in [3.63, 3.8) is 0 Å². The van der Waals surface area contributed by atoms with Crippen molar-refractivity contribution in [2.45, 2.75) is 45.2 Å². The van der Waals surface area contributed by atoms with E-state index in [1.54, 1.807) is 0 Å². The first-order valence-corrected chi connectivity index (χ1v) is 7.37. The minimum atomic E-state index is 0.712. The second-order valence-corrected chi connectivity index (χ2v) is 5.89. The van der Waals surface area contributed by atoms with Crippen LogP contribution in [0.2, 0.25) is 0 Å². The Hall–Kier alpha value is -1.41. The zero-order chi connectivity index (χ0) is 13.1. The van der Waals surface area contributed by atoms with Crippen molar-refractivity contribution in [3.8, 4) is 0 Å². The fourth-order valence-electron chi connectivity index (χ4n) is 2.97. The average Bonchev–Trinajstić information content (AvgIpc) is 2.46. The molecule has 0 atom stereocenters. The molecule has 1 fully saturated rings. The Balaban J connectivity index is 1.62. The molecule has 0 bridgehead atoms. The van der Waals surface area contributed by atoms with E-state index in [0.717, 1.165) is 12.5 Å². The zero-order valence-corrected chi connectivity index (χ0v) is 11.6. The van der Waals surface area contributed by atoms with Crippen LogP contribution in [0.25, 0.3) is 10.8 Å². The summed E-state index contributed by atoms with van der Waals surface area (Å²) >= 11 is 0. The zero-order valence-electron chi connectivity index (χ0n) is 11.6. The molecule has 3 rings (SSSR count). The predicted octanol–water partition coefficient (Wildman–Crippen LogP) is 3.90. The Morgan fingerprint density at radius 2 is 1.95 bits per heavy atom. The third-order valence-corrected chi connectivity index (χ3v) is 4.32. The lowest BCUT2D eigenvalue weighted by Crippen LogP contribution is -2.32. The van der Waals surface area contributed by atoms with Crippen LogP contribution in [-0.4, -0.2) is 11.0 Å². The Bertz CT molecular complexity index is 542. The van der Waals surface area contributed by atoms with Crippen molar-refractivity contribution in [1.82, 2.24) is 10.3 Å². The molecule has 1 aromatic heterocycles. The van der Waals surface area contributed by atoms with Gasteiger partial charge in [-0.1, -0.05) is 19.1 Å². The van der Waals surface area contributed by atoms with Crippen molar-refractivity contribution in [3.05, 3.63) is 42.2 Å². The van der Waals surface area contributed by atoms with Gasteiger partial charge in [0.15, 0.2) is 0 Å². The van der Waals surface area contributed by atoms with Gasteiger partial charge < -0.3 is 5.32 Å². The maximum absolute atomic E-state index is 4.15. The number of nitrogens with zero attached hydrogens (tertiary/aromatic N) is 1. The van der Waals surface area contributed by atoms with Gasteiger partial charge in [0, 0.05) is 30.4 Å². The van der Waals surface area contributed by atoms with Gasteiger partial charge in [0.1, 0.15) is 0 Å². The quantitative estimate of drug-likeness (QED) is 0.898. The van der Waals surface area contributed by atoms with Crippen molar-refractivity contribution in [2.24, 2.45) is 5.92 Å². The molecule has 0 amide bonds. The first-order chi connectivity index (χ1) is 9.31. The third-order valence-electron chi connectivity index (χ3n) is 4.32. The van der Waals surface area contributed by atoms with Crippen LogP contribution in [0.15, 0.2) is 36.7 Å². The van der Waals surface area contributed by atoms with Crippen molar-refractivity contribution >= 4 is 10.8 Å². The van der Waals surface area contributed by atoms with Gasteiger partial charge in [-0.25, -0.2) is 0 Å². The highest BCUT2D eigenvalue weighted by atomic mass is 14.9. The number of aromatic nitrogens is 1. The lowest BCUT2D eigenvalue weighted by Gasteiger charge is -2.27. The Labute approximate surface area is 115 Å². The van der Waals surface area contributed by atoms with Gasteiger partial charge in [-0.3, -0.25) is 4.98 Å². The molecule has 0 saturated heterocycles. The molecule has 2 nitrogen and oxygen atoms in total. The number of fused-ring (bicyclic) bond motifs is 1. The first-order valence-electron chi connectivity index (χ1n) is 7.37. The van der Waals surface area contributed by atoms with Crippen molar-refractivity contribution in [1.29, 1.82) is 0 Å². The Kier molecular flexibility index (Phi) is 3.79. The molecular weight excluding hydrogens is 232 g/mol. The average molecular weight is 254 g/mol. The summed E-state index contributed by atoms with van der Waals surface area (Å²) in [4.78, 5) is 4.15. The number of hydrogen-bond donors (Lipinski definition) is 1. The largest absolute Gasteiger partial charge is 0.310 e. The minimum Gasteiger partial charge on any atom is -0.310 e. The highest BCUT2D eigenvalue weighted by Gasteiger charge is 2.17. The number of benzene rings is 1. The van der Waals surface area contributed by atoms with Crippen molar-refractivity contribution < 1.29 is 0 Å². The fourth-order valence-corrected chi connectivity index (χ4v) is 2.97. The normalized spacial score (nSPS) is 23.6. The molecule has 100 valence electrons. The number of nitrogens with one attached hydrogen (secondary N) is 1. The van der Waals surface area contributed by atoms with E-state index in [1.807, 2.05) is 12.4 Å². The molecule has 0 aliphatic heterocycles. The van der Waals surface area contributed by atoms with E-state index in [-0.39, 0.29) is 0 Å². The molecule has 19 heavy (non-hydrogen) atoms. The molecule has 1 N–H and O–H groups in total. The van der Waals surface area contributed by atoms with E-state index in [2.05, 4.69) is 41.5 Å². The van der Waals surface area contributed by atoms with Gasteiger partial charge in [0.05, 0.1) is 0 Å².